The van der Waals surface area contributed by atoms with Gasteiger partial charge in [0.05, 0.1) is 25.5 Å². The first-order chi connectivity index (χ1) is 12.2. The van der Waals surface area contributed by atoms with Gasteiger partial charge in [0.25, 0.3) is 5.91 Å². The van der Waals surface area contributed by atoms with E-state index >= 15 is 0 Å². The molecule has 5 heteroatoms. The van der Waals surface area contributed by atoms with Crippen molar-refractivity contribution in [1.82, 2.24) is 4.98 Å². The summed E-state index contributed by atoms with van der Waals surface area (Å²) >= 11 is 0. The van der Waals surface area contributed by atoms with E-state index in [1.54, 1.807) is 38.6 Å². The molecule has 2 aromatic carbocycles. The highest BCUT2D eigenvalue weighted by Gasteiger charge is 2.08. The Morgan fingerprint density at radius 2 is 1.64 bits per heavy atom. The first-order valence-corrected chi connectivity index (χ1v) is 7.75. The lowest BCUT2D eigenvalue weighted by Gasteiger charge is -2.08. The van der Waals surface area contributed by atoms with E-state index in [0.717, 1.165) is 17.0 Å². The molecule has 3 rings (SSSR count). The van der Waals surface area contributed by atoms with Gasteiger partial charge in [0.15, 0.2) is 0 Å². The van der Waals surface area contributed by atoms with Crippen LogP contribution < -0.4 is 14.8 Å². The SMILES string of the molecule is COc1cccc(NC(=O)c2ccc(-c3cccc(OC)c3)nc2)c1. The van der Waals surface area contributed by atoms with E-state index in [4.69, 9.17) is 9.47 Å². The molecule has 5 nitrogen and oxygen atoms in total. The molecule has 0 unspecified atom stereocenters. The zero-order chi connectivity index (χ0) is 17.6. The zero-order valence-electron chi connectivity index (χ0n) is 14.0. The number of ether oxygens (including phenoxy) is 2. The number of amides is 1. The standard InChI is InChI=1S/C20H18N2O3/c1-24-17-7-3-5-14(11-17)19-10-9-15(13-21-19)20(23)22-16-6-4-8-18(12-16)25-2/h3-13H,1-2H3,(H,22,23). The van der Waals surface area contributed by atoms with Crippen LogP contribution in [0.4, 0.5) is 5.69 Å². The van der Waals surface area contributed by atoms with Crippen molar-refractivity contribution in [3.8, 4) is 22.8 Å². The van der Waals surface area contributed by atoms with E-state index in [1.165, 1.54) is 0 Å². The van der Waals surface area contributed by atoms with Crippen molar-refractivity contribution in [1.29, 1.82) is 0 Å². The number of carbonyl (C=O) groups is 1. The van der Waals surface area contributed by atoms with Gasteiger partial charge in [-0.25, -0.2) is 0 Å². The van der Waals surface area contributed by atoms with Crippen LogP contribution in [0.3, 0.4) is 0 Å². The molecular formula is C20H18N2O3. The summed E-state index contributed by atoms with van der Waals surface area (Å²) in [5.74, 6) is 1.22. The predicted molar refractivity (Wildman–Crippen MR) is 97.2 cm³/mol. The van der Waals surface area contributed by atoms with Crippen LogP contribution in [0.5, 0.6) is 11.5 Å². The molecule has 25 heavy (non-hydrogen) atoms. The van der Waals surface area contributed by atoms with E-state index in [0.29, 0.717) is 17.0 Å². The van der Waals surface area contributed by atoms with Crippen molar-refractivity contribution in [2.75, 3.05) is 19.5 Å². The summed E-state index contributed by atoms with van der Waals surface area (Å²) in [5, 5.41) is 2.83. The monoisotopic (exact) mass is 334 g/mol. The summed E-state index contributed by atoms with van der Waals surface area (Å²) < 4.78 is 10.4. The van der Waals surface area contributed by atoms with Gasteiger partial charge in [0, 0.05) is 23.5 Å². The summed E-state index contributed by atoms with van der Waals surface area (Å²) in [5.41, 5.74) is 2.85. The maximum absolute atomic E-state index is 12.4. The lowest BCUT2D eigenvalue weighted by atomic mass is 10.1. The average Bonchev–Trinajstić information content (AvgIpc) is 2.68. The van der Waals surface area contributed by atoms with Crippen LogP contribution in [0.1, 0.15) is 10.4 Å². The second-order valence-corrected chi connectivity index (χ2v) is 5.35. The third kappa shape index (κ3) is 3.95. The van der Waals surface area contributed by atoms with Crippen molar-refractivity contribution < 1.29 is 14.3 Å². The van der Waals surface area contributed by atoms with Gasteiger partial charge in [-0.1, -0.05) is 18.2 Å². The van der Waals surface area contributed by atoms with Gasteiger partial charge < -0.3 is 14.8 Å². The maximum atomic E-state index is 12.4. The number of carbonyl (C=O) groups excluding carboxylic acids is 1. The van der Waals surface area contributed by atoms with Crippen molar-refractivity contribution >= 4 is 11.6 Å². The Morgan fingerprint density at radius 1 is 0.920 bits per heavy atom. The van der Waals surface area contributed by atoms with Crippen LogP contribution in [0, 0.1) is 0 Å². The Bertz CT molecular complexity index is 876. The van der Waals surface area contributed by atoms with Gasteiger partial charge in [0.2, 0.25) is 0 Å². The average molecular weight is 334 g/mol. The normalized spacial score (nSPS) is 10.2. The number of rotatable bonds is 5. The Morgan fingerprint density at radius 3 is 2.32 bits per heavy atom. The van der Waals surface area contributed by atoms with Gasteiger partial charge >= 0.3 is 0 Å². The molecule has 126 valence electrons. The summed E-state index contributed by atoms with van der Waals surface area (Å²) in [6, 6.07) is 18.4. The summed E-state index contributed by atoms with van der Waals surface area (Å²) in [7, 11) is 3.21. The lowest BCUT2D eigenvalue weighted by Crippen LogP contribution is -2.12. The van der Waals surface area contributed by atoms with E-state index in [2.05, 4.69) is 10.3 Å². The second kappa shape index (κ2) is 7.49. The Hall–Kier alpha value is -3.34. The number of anilines is 1. The molecule has 0 fully saturated rings. The van der Waals surface area contributed by atoms with Crippen LogP contribution in [0.15, 0.2) is 66.9 Å². The maximum Gasteiger partial charge on any atom is 0.257 e. The predicted octanol–water partition coefficient (Wildman–Crippen LogP) is 4.02. The Balaban J connectivity index is 1.76. The van der Waals surface area contributed by atoms with Crippen LogP contribution in [-0.4, -0.2) is 25.1 Å². The number of nitrogens with one attached hydrogen (secondary N) is 1. The van der Waals surface area contributed by atoms with Crippen LogP contribution in [0.25, 0.3) is 11.3 Å². The fourth-order valence-electron chi connectivity index (χ4n) is 2.39. The Labute approximate surface area is 146 Å². The van der Waals surface area contributed by atoms with Crippen molar-refractivity contribution in [2.24, 2.45) is 0 Å². The molecule has 1 heterocycles. The minimum absolute atomic E-state index is 0.224. The lowest BCUT2D eigenvalue weighted by molar-refractivity contribution is 0.102. The number of benzene rings is 2. The summed E-state index contributed by atoms with van der Waals surface area (Å²) in [4.78, 5) is 16.7. The largest absolute Gasteiger partial charge is 0.497 e. The molecule has 0 aliphatic carbocycles. The van der Waals surface area contributed by atoms with Crippen molar-refractivity contribution in [3.63, 3.8) is 0 Å². The van der Waals surface area contributed by atoms with Crippen molar-refractivity contribution in [2.45, 2.75) is 0 Å². The number of pyridine rings is 1. The molecule has 0 aliphatic rings. The summed E-state index contributed by atoms with van der Waals surface area (Å²) in [6.45, 7) is 0. The molecule has 0 spiro atoms. The number of hydrogen-bond donors (Lipinski definition) is 1. The van der Waals surface area contributed by atoms with Gasteiger partial charge in [-0.05, 0) is 36.4 Å². The van der Waals surface area contributed by atoms with Gasteiger partial charge in [0.1, 0.15) is 11.5 Å². The van der Waals surface area contributed by atoms with E-state index in [-0.39, 0.29) is 5.91 Å². The van der Waals surface area contributed by atoms with Crippen LogP contribution >= 0.6 is 0 Å². The van der Waals surface area contributed by atoms with E-state index < -0.39 is 0 Å². The van der Waals surface area contributed by atoms with Crippen molar-refractivity contribution in [3.05, 3.63) is 72.4 Å². The minimum atomic E-state index is -0.224. The number of aromatic nitrogens is 1. The first kappa shape index (κ1) is 16.5. The smallest absolute Gasteiger partial charge is 0.257 e. The summed E-state index contributed by atoms with van der Waals surface area (Å²) in [6.07, 6.45) is 1.56. The number of hydrogen-bond acceptors (Lipinski definition) is 4. The quantitative estimate of drug-likeness (QED) is 0.765. The molecule has 0 saturated heterocycles. The fourth-order valence-corrected chi connectivity index (χ4v) is 2.39. The van der Waals surface area contributed by atoms with E-state index in [1.807, 2.05) is 42.5 Å². The molecule has 1 aromatic heterocycles. The molecule has 0 bridgehead atoms. The first-order valence-electron chi connectivity index (χ1n) is 7.75. The highest BCUT2D eigenvalue weighted by Crippen LogP contribution is 2.22. The minimum Gasteiger partial charge on any atom is -0.497 e. The molecule has 1 amide bonds. The molecule has 1 N–H and O–H groups in total. The molecule has 0 saturated carbocycles. The molecule has 3 aromatic rings. The van der Waals surface area contributed by atoms with Crippen LogP contribution in [0.2, 0.25) is 0 Å². The Kier molecular flexibility index (Phi) is 4.95. The van der Waals surface area contributed by atoms with Crippen LogP contribution in [-0.2, 0) is 0 Å². The highest BCUT2D eigenvalue weighted by atomic mass is 16.5. The van der Waals surface area contributed by atoms with Gasteiger partial charge in [-0.15, -0.1) is 0 Å². The second-order valence-electron chi connectivity index (χ2n) is 5.35. The molecule has 0 radical (unpaired) electrons. The highest BCUT2D eigenvalue weighted by molar-refractivity contribution is 6.04. The van der Waals surface area contributed by atoms with E-state index in [9.17, 15) is 4.79 Å². The molecular weight excluding hydrogens is 316 g/mol. The third-order valence-electron chi connectivity index (χ3n) is 3.72. The topological polar surface area (TPSA) is 60.5 Å². The molecule has 0 aliphatic heterocycles. The zero-order valence-corrected chi connectivity index (χ0v) is 14.0. The number of nitrogens with zero attached hydrogens (tertiary/aromatic N) is 1. The third-order valence-corrected chi connectivity index (χ3v) is 3.72. The fraction of sp³-hybridized carbons (Fsp3) is 0.100. The number of methoxy groups -OCH3 is 2. The van der Waals surface area contributed by atoms with Gasteiger partial charge in [-0.3, -0.25) is 9.78 Å². The molecule has 0 atom stereocenters. The van der Waals surface area contributed by atoms with Gasteiger partial charge in [-0.2, -0.15) is 0 Å².